The molecule has 0 aliphatic rings. The van der Waals surface area contributed by atoms with E-state index in [-0.39, 0.29) is 6.04 Å². The highest BCUT2D eigenvalue weighted by Gasteiger charge is 2.21. The molecule has 1 N–H and O–H groups in total. The number of nitrogens with one attached hydrogen (secondary N) is 1. The van der Waals surface area contributed by atoms with E-state index in [9.17, 15) is 0 Å². The van der Waals surface area contributed by atoms with Crippen molar-refractivity contribution in [2.24, 2.45) is 0 Å². The van der Waals surface area contributed by atoms with Gasteiger partial charge in [0.05, 0.1) is 36.1 Å². The van der Waals surface area contributed by atoms with Gasteiger partial charge in [0.1, 0.15) is 0 Å². The third kappa shape index (κ3) is 4.07. The second-order valence-electron chi connectivity index (χ2n) is 4.64. The second-order valence-corrected chi connectivity index (χ2v) is 5.96. The van der Waals surface area contributed by atoms with Crippen LogP contribution in [0.4, 0.5) is 0 Å². The molecule has 0 saturated heterocycles. The average Bonchev–Trinajstić information content (AvgIpc) is 2.84. The summed E-state index contributed by atoms with van der Waals surface area (Å²) in [6.07, 6.45) is 1.69. The monoisotopic (exact) mass is 371 g/mol. The van der Waals surface area contributed by atoms with Gasteiger partial charge in [0, 0.05) is 11.6 Å². The van der Waals surface area contributed by atoms with E-state index in [1.807, 2.05) is 16.8 Å². The van der Waals surface area contributed by atoms with Crippen LogP contribution in [0.2, 0.25) is 5.02 Å². The summed E-state index contributed by atoms with van der Waals surface area (Å²) in [6, 6.07) is 8.24. The van der Waals surface area contributed by atoms with Gasteiger partial charge in [-0.1, -0.05) is 46.6 Å². The lowest BCUT2D eigenvalue weighted by molar-refractivity contribution is 0.182. The topological polar surface area (TPSA) is 39.1 Å². The Morgan fingerprint density at radius 2 is 2.10 bits per heavy atom. The minimum absolute atomic E-state index is 0.00922. The van der Waals surface area contributed by atoms with Crippen molar-refractivity contribution in [1.29, 1.82) is 0 Å². The van der Waals surface area contributed by atoms with Crippen LogP contribution in [0, 0.1) is 0 Å². The maximum absolute atomic E-state index is 6.36. The molecular weight excluding hydrogens is 354 g/mol. The molecule has 21 heavy (non-hydrogen) atoms. The van der Waals surface area contributed by atoms with Gasteiger partial charge in [0.15, 0.2) is 0 Å². The summed E-state index contributed by atoms with van der Waals surface area (Å²) in [5.74, 6) is 0. The molecular formula is C15H19BrClN3O. The van der Waals surface area contributed by atoms with E-state index in [2.05, 4.69) is 45.4 Å². The Morgan fingerprint density at radius 3 is 2.71 bits per heavy atom. The molecule has 0 amide bonds. The van der Waals surface area contributed by atoms with Crippen molar-refractivity contribution in [3.05, 3.63) is 51.2 Å². The third-order valence-electron chi connectivity index (χ3n) is 3.23. The van der Waals surface area contributed by atoms with Crippen LogP contribution in [-0.2, 0) is 11.3 Å². The Balaban J connectivity index is 2.37. The number of hydrogen-bond acceptors (Lipinski definition) is 3. The fourth-order valence-electron chi connectivity index (χ4n) is 2.25. The lowest BCUT2D eigenvalue weighted by Crippen LogP contribution is -2.26. The molecule has 1 heterocycles. The van der Waals surface area contributed by atoms with E-state index in [0.29, 0.717) is 18.2 Å². The summed E-state index contributed by atoms with van der Waals surface area (Å²) in [4.78, 5) is 0. The SMILES string of the molecule is CCNC(c1ccc(Br)cc1)c1c(Cl)cnn1CCOC. The van der Waals surface area contributed by atoms with E-state index in [0.717, 1.165) is 22.3 Å². The lowest BCUT2D eigenvalue weighted by atomic mass is 10.0. The van der Waals surface area contributed by atoms with Gasteiger partial charge in [-0.25, -0.2) is 0 Å². The smallest absolute Gasteiger partial charge is 0.0837 e. The van der Waals surface area contributed by atoms with Gasteiger partial charge >= 0.3 is 0 Å². The molecule has 0 aliphatic heterocycles. The van der Waals surface area contributed by atoms with E-state index < -0.39 is 0 Å². The number of nitrogens with zero attached hydrogens (tertiary/aromatic N) is 2. The molecule has 1 aromatic heterocycles. The quantitative estimate of drug-likeness (QED) is 0.806. The maximum Gasteiger partial charge on any atom is 0.0837 e. The Labute approximate surface area is 138 Å². The molecule has 2 rings (SSSR count). The molecule has 2 aromatic rings. The Kier molecular flexibility index (Phi) is 6.23. The molecule has 1 aromatic carbocycles. The van der Waals surface area contributed by atoms with E-state index in [1.54, 1.807) is 13.3 Å². The minimum Gasteiger partial charge on any atom is -0.383 e. The number of benzene rings is 1. The highest BCUT2D eigenvalue weighted by atomic mass is 79.9. The zero-order chi connectivity index (χ0) is 15.2. The first-order valence-electron chi connectivity index (χ1n) is 6.86. The zero-order valence-corrected chi connectivity index (χ0v) is 14.5. The number of aromatic nitrogens is 2. The Morgan fingerprint density at radius 1 is 1.38 bits per heavy atom. The van der Waals surface area contributed by atoms with Crippen molar-refractivity contribution in [3.63, 3.8) is 0 Å². The van der Waals surface area contributed by atoms with Crippen molar-refractivity contribution in [2.45, 2.75) is 19.5 Å². The van der Waals surface area contributed by atoms with Crippen molar-refractivity contribution in [1.82, 2.24) is 15.1 Å². The van der Waals surface area contributed by atoms with Crippen LogP contribution in [-0.4, -0.2) is 30.0 Å². The van der Waals surface area contributed by atoms with Crippen LogP contribution in [0.5, 0.6) is 0 Å². The first kappa shape index (κ1) is 16.5. The van der Waals surface area contributed by atoms with Gasteiger partial charge in [0.2, 0.25) is 0 Å². The number of ether oxygens (including phenoxy) is 1. The average molecular weight is 373 g/mol. The van der Waals surface area contributed by atoms with E-state index in [1.165, 1.54) is 0 Å². The molecule has 0 aliphatic carbocycles. The lowest BCUT2D eigenvalue weighted by Gasteiger charge is -2.20. The molecule has 0 spiro atoms. The second kappa shape index (κ2) is 7.94. The van der Waals surface area contributed by atoms with Crippen molar-refractivity contribution >= 4 is 27.5 Å². The fourth-order valence-corrected chi connectivity index (χ4v) is 2.76. The van der Waals surface area contributed by atoms with Crippen molar-refractivity contribution in [2.75, 3.05) is 20.3 Å². The Bertz CT molecular complexity index is 571. The van der Waals surface area contributed by atoms with Crippen LogP contribution in [0.3, 0.4) is 0 Å². The summed E-state index contributed by atoms with van der Waals surface area (Å²) in [5, 5.41) is 8.50. The van der Waals surface area contributed by atoms with Gasteiger partial charge in [-0.15, -0.1) is 0 Å². The predicted molar refractivity (Wildman–Crippen MR) is 88.8 cm³/mol. The molecule has 0 fully saturated rings. The summed E-state index contributed by atoms with van der Waals surface area (Å²) < 4.78 is 8.10. The normalized spacial score (nSPS) is 12.6. The first-order chi connectivity index (χ1) is 10.2. The fraction of sp³-hybridized carbons (Fsp3) is 0.400. The Hall–Kier alpha value is -0.880. The van der Waals surface area contributed by atoms with Crippen LogP contribution in [0.1, 0.15) is 24.2 Å². The third-order valence-corrected chi connectivity index (χ3v) is 4.05. The minimum atomic E-state index is 0.00922. The molecule has 6 heteroatoms. The zero-order valence-electron chi connectivity index (χ0n) is 12.1. The predicted octanol–water partition coefficient (Wildman–Crippen LogP) is 3.64. The summed E-state index contributed by atoms with van der Waals surface area (Å²) in [6.45, 7) is 4.20. The number of rotatable bonds is 7. The molecule has 114 valence electrons. The first-order valence-corrected chi connectivity index (χ1v) is 8.03. The van der Waals surface area contributed by atoms with Gasteiger partial charge in [-0.2, -0.15) is 5.10 Å². The number of halogens is 2. The van der Waals surface area contributed by atoms with Crippen molar-refractivity contribution in [3.8, 4) is 0 Å². The van der Waals surface area contributed by atoms with Gasteiger partial charge < -0.3 is 10.1 Å². The van der Waals surface area contributed by atoms with E-state index >= 15 is 0 Å². The van der Waals surface area contributed by atoms with E-state index in [4.69, 9.17) is 16.3 Å². The highest BCUT2D eigenvalue weighted by Crippen LogP contribution is 2.29. The van der Waals surface area contributed by atoms with Crippen LogP contribution in [0.25, 0.3) is 0 Å². The van der Waals surface area contributed by atoms with Crippen LogP contribution in [0.15, 0.2) is 34.9 Å². The summed E-state index contributed by atoms with van der Waals surface area (Å²) in [5.41, 5.74) is 2.12. The highest BCUT2D eigenvalue weighted by molar-refractivity contribution is 9.10. The summed E-state index contributed by atoms with van der Waals surface area (Å²) >= 11 is 9.83. The van der Waals surface area contributed by atoms with Gasteiger partial charge in [-0.05, 0) is 24.2 Å². The molecule has 1 atom stereocenters. The largest absolute Gasteiger partial charge is 0.383 e. The molecule has 0 bridgehead atoms. The molecule has 1 unspecified atom stereocenters. The summed E-state index contributed by atoms with van der Waals surface area (Å²) in [7, 11) is 1.68. The maximum atomic E-state index is 6.36. The van der Waals surface area contributed by atoms with Gasteiger partial charge in [0.25, 0.3) is 0 Å². The van der Waals surface area contributed by atoms with Crippen LogP contribution >= 0.6 is 27.5 Å². The van der Waals surface area contributed by atoms with Gasteiger partial charge in [-0.3, -0.25) is 4.68 Å². The standard InChI is InChI=1S/C15H19BrClN3O/c1-3-18-14(11-4-6-12(16)7-5-11)15-13(17)10-19-20(15)8-9-21-2/h4-7,10,14,18H,3,8-9H2,1-2H3. The van der Waals surface area contributed by atoms with Crippen molar-refractivity contribution < 1.29 is 4.74 Å². The number of methoxy groups -OCH3 is 1. The van der Waals surface area contributed by atoms with Crippen LogP contribution < -0.4 is 5.32 Å². The molecule has 4 nitrogen and oxygen atoms in total. The number of hydrogen-bond donors (Lipinski definition) is 1. The molecule has 0 radical (unpaired) electrons. The molecule has 0 saturated carbocycles.